The van der Waals surface area contributed by atoms with Gasteiger partial charge in [0.15, 0.2) is 0 Å². The van der Waals surface area contributed by atoms with Crippen molar-refractivity contribution >= 4 is 5.91 Å². The molecule has 1 amide bonds. The largest absolute Gasteiger partial charge is 0.360 e. The molecule has 0 aliphatic heterocycles. The third kappa shape index (κ3) is 2.50. The van der Waals surface area contributed by atoms with Crippen molar-refractivity contribution in [2.45, 2.75) is 51.0 Å². The molecule has 4 saturated carbocycles. The van der Waals surface area contributed by atoms with Crippen LogP contribution in [0.5, 0.6) is 0 Å². The molecule has 1 heterocycles. The average molecular weight is 336 g/mol. The van der Waals surface area contributed by atoms with E-state index in [0.29, 0.717) is 17.0 Å². The Bertz CT molecular complexity index is 773. The highest BCUT2D eigenvalue weighted by atomic mass is 16.5. The maximum atomic E-state index is 13.2. The van der Waals surface area contributed by atoms with Gasteiger partial charge >= 0.3 is 0 Å². The van der Waals surface area contributed by atoms with Gasteiger partial charge in [0.2, 0.25) is 0 Å². The predicted molar refractivity (Wildman–Crippen MR) is 95.0 cm³/mol. The van der Waals surface area contributed by atoms with Crippen LogP contribution in [0.1, 0.15) is 54.6 Å². The van der Waals surface area contributed by atoms with Crippen LogP contribution >= 0.6 is 0 Å². The molecule has 25 heavy (non-hydrogen) atoms. The highest BCUT2D eigenvalue weighted by Crippen LogP contribution is 2.55. The van der Waals surface area contributed by atoms with Crippen molar-refractivity contribution in [3.8, 4) is 11.3 Å². The summed E-state index contributed by atoms with van der Waals surface area (Å²) < 4.78 is 5.38. The Morgan fingerprint density at radius 3 is 2.28 bits per heavy atom. The first kappa shape index (κ1) is 15.2. The molecular weight excluding hydrogens is 312 g/mol. The molecule has 4 aliphatic rings. The van der Waals surface area contributed by atoms with Crippen LogP contribution in [0.2, 0.25) is 0 Å². The minimum atomic E-state index is -0.0143. The van der Waals surface area contributed by atoms with Crippen molar-refractivity contribution in [1.29, 1.82) is 0 Å². The zero-order valence-corrected chi connectivity index (χ0v) is 14.6. The fourth-order valence-corrected chi connectivity index (χ4v) is 6.00. The molecule has 4 bridgehead atoms. The summed E-state index contributed by atoms with van der Waals surface area (Å²) in [6, 6.07) is 9.82. The zero-order valence-electron chi connectivity index (χ0n) is 14.6. The van der Waals surface area contributed by atoms with Crippen LogP contribution in [0.15, 0.2) is 34.9 Å². The van der Waals surface area contributed by atoms with Gasteiger partial charge in [0, 0.05) is 11.1 Å². The fraction of sp³-hybridized carbons (Fsp3) is 0.524. The monoisotopic (exact) mass is 336 g/mol. The first-order chi connectivity index (χ1) is 12.1. The number of hydrogen-bond donors (Lipinski definition) is 1. The molecule has 0 radical (unpaired) electrons. The lowest BCUT2D eigenvalue weighted by molar-refractivity contribution is -0.0167. The van der Waals surface area contributed by atoms with E-state index in [4.69, 9.17) is 4.52 Å². The zero-order chi connectivity index (χ0) is 17.0. The van der Waals surface area contributed by atoms with Gasteiger partial charge in [0.1, 0.15) is 17.0 Å². The number of carbonyl (C=O) groups excluding carboxylic acids is 1. The Morgan fingerprint density at radius 1 is 1.08 bits per heavy atom. The number of amides is 1. The van der Waals surface area contributed by atoms with E-state index in [-0.39, 0.29) is 11.4 Å². The summed E-state index contributed by atoms with van der Waals surface area (Å²) in [6.45, 7) is 1.83. The SMILES string of the molecule is Cc1onc(-c2ccccc2)c1C(=O)NC12CC3CC(CC(C3)C1)C2. The summed E-state index contributed by atoms with van der Waals surface area (Å²) in [5, 5.41) is 7.60. The Labute approximate surface area is 148 Å². The fourth-order valence-electron chi connectivity index (χ4n) is 6.00. The first-order valence-electron chi connectivity index (χ1n) is 9.46. The van der Waals surface area contributed by atoms with E-state index < -0.39 is 0 Å². The van der Waals surface area contributed by atoms with E-state index in [1.807, 2.05) is 37.3 Å². The molecule has 1 aromatic carbocycles. The molecule has 1 N–H and O–H groups in total. The second-order valence-electron chi connectivity index (χ2n) is 8.48. The van der Waals surface area contributed by atoms with Crippen LogP contribution in [0, 0.1) is 24.7 Å². The van der Waals surface area contributed by atoms with E-state index in [1.165, 1.54) is 19.3 Å². The van der Waals surface area contributed by atoms with Crippen molar-refractivity contribution in [3.05, 3.63) is 41.7 Å². The van der Waals surface area contributed by atoms with E-state index in [1.54, 1.807) is 0 Å². The van der Waals surface area contributed by atoms with Crippen LogP contribution in [0.3, 0.4) is 0 Å². The number of hydrogen-bond acceptors (Lipinski definition) is 3. The summed E-state index contributed by atoms with van der Waals surface area (Å²) in [5.41, 5.74) is 2.18. The smallest absolute Gasteiger partial charge is 0.257 e. The molecule has 4 aliphatic carbocycles. The molecule has 4 fully saturated rings. The van der Waals surface area contributed by atoms with Crippen molar-refractivity contribution in [3.63, 3.8) is 0 Å². The van der Waals surface area contributed by atoms with Gasteiger partial charge in [-0.3, -0.25) is 4.79 Å². The van der Waals surface area contributed by atoms with Gasteiger partial charge in [-0.25, -0.2) is 0 Å². The number of nitrogens with one attached hydrogen (secondary N) is 1. The Kier molecular flexibility index (Phi) is 3.31. The summed E-state index contributed by atoms with van der Waals surface area (Å²) in [7, 11) is 0. The van der Waals surface area contributed by atoms with Crippen molar-refractivity contribution in [1.82, 2.24) is 10.5 Å². The van der Waals surface area contributed by atoms with Gasteiger partial charge in [-0.2, -0.15) is 0 Å². The van der Waals surface area contributed by atoms with E-state index in [2.05, 4.69) is 10.5 Å². The number of nitrogens with zero attached hydrogens (tertiary/aromatic N) is 1. The highest BCUT2D eigenvalue weighted by Gasteiger charge is 2.51. The number of benzene rings is 1. The second-order valence-corrected chi connectivity index (χ2v) is 8.48. The number of rotatable bonds is 3. The van der Waals surface area contributed by atoms with Crippen molar-refractivity contribution < 1.29 is 9.32 Å². The minimum Gasteiger partial charge on any atom is -0.360 e. The molecule has 0 saturated heterocycles. The lowest BCUT2D eigenvalue weighted by Gasteiger charge is -2.56. The van der Waals surface area contributed by atoms with Crippen LogP contribution in [-0.4, -0.2) is 16.6 Å². The average Bonchev–Trinajstić information content (AvgIpc) is 2.96. The van der Waals surface area contributed by atoms with Crippen LogP contribution in [0.4, 0.5) is 0 Å². The second kappa shape index (κ2) is 5.45. The standard InChI is InChI=1S/C21H24N2O2/c1-13-18(19(23-25-13)17-5-3-2-4-6-17)20(24)22-21-10-14-7-15(11-21)9-16(8-14)12-21/h2-6,14-16H,7-12H2,1H3,(H,22,24). The molecule has 130 valence electrons. The Morgan fingerprint density at radius 2 is 1.68 bits per heavy atom. The lowest BCUT2D eigenvalue weighted by atomic mass is 9.53. The molecule has 4 nitrogen and oxygen atoms in total. The van der Waals surface area contributed by atoms with Gasteiger partial charge in [-0.1, -0.05) is 35.5 Å². The number of carbonyl (C=O) groups is 1. The van der Waals surface area contributed by atoms with Crippen molar-refractivity contribution in [2.24, 2.45) is 17.8 Å². The summed E-state index contributed by atoms with van der Waals surface area (Å²) in [5.74, 6) is 3.01. The molecule has 0 spiro atoms. The topological polar surface area (TPSA) is 55.1 Å². The Hall–Kier alpha value is -2.10. The predicted octanol–water partition coefficient (Wildman–Crippen LogP) is 4.35. The van der Waals surface area contributed by atoms with Gasteiger partial charge in [-0.05, 0) is 63.2 Å². The van der Waals surface area contributed by atoms with E-state index in [0.717, 1.165) is 42.6 Å². The van der Waals surface area contributed by atoms with E-state index >= 15 is 0 Å². The lowest BCUT2D eigenvalue weighted by Crippen LogP contribution is -2.59. The first-order valence-corrected chi connectivity index (χ1v) is 9.46. The maximum Gasteiger partial charge on any atom is 0.257 e. The molecule has 2 aromatic rings. The quantitative estimate of drug-likeness (QED) is 0.906. The van der Waals surface area contributed by atoms with Gasteiger partial charge in [0.05, 0.1) is 0 Å². The number of aryl methyl sites for hydroxylation is 1. The third-order valence-electron chi connectivity index (χ3n) is 6.55. The summed E-state index contributed by atoms with van der Waals surface area (Å²) >= 11 is 0. The van der Waals surface area contributed by atoms with E-state index in [9.17, 15) is 4.79 Å². The summed E-state index contributed by atoms with van der Waals surface area (Å²) in [6.07, 6.45) is 7.56. The molecular formula is C21H24N2O2. The molecule has 6 rings (SSSR count). The van der Waals surface area contributed by atoms with Crippen LogP contribution in [-0.2, 0) is 0 Å². The molecule has 0 atom stereocenters. The number of aromatic nitrogens is 1. The van der Waals surface area contributed by atoms with Gasteiger partial charge in [0.25, 0.3) is 5.91 Å². The maximum absolute atomic E-state index is 13.2. The highest BCUT2D eigenvalue weighted by molar-refractivity contribution is 6.01. The molecule has 4 heteroatoms. The third-order valence-corrected chi connectivity index (χ3v) is 6.55. The Balaban J connectivity index is 1.45. The van der Waals surface area contributed by atoms with Crippen molar-refractivity contribution in [2.75, 3.05) is 0 Å². The van der Waals surface area contributed by atoms with Gasteiger partial charge in [-0.15, -0.1) is 0 Å². The van der Waals surface area contributed by atoms with Crippen LogP contribution in [0.25, 0.3) is 11.3 Å². The molecule has 1 aromatic heterocycles. The van der Waals surface area contributed by atoms with Gasteiger partial charge < -0.3 is 9.84 Å². The van der Waals surface area contributed by atoms with Crippen LogP contribution < -0.4 is 5.32 Å². The summed E-state index contributed by atoms with van der Waals surface area (Å²) in [4.78, 5) is 13.2. The normalized spacial score (nSPS) is 32.8. The minimum absolute atomic E-state index is 0.00347. The molecule has 0 unspecified atom stereocenters.